The van der Waals surface area contributed by atoms with Crippen molar-refractivity contribution >= 4 is 35.7 Å². The molecule has 3 rings (SSSR count). The molecule has 1 unspecified atom stereocenters. The van der Waals surface area contributed by atoms with Gasteiger partial charge in [-0.2, -0.15) is 0 Å². The summed E-state index contributed by atoms with van der Waals surface area (Å²) in [4.78, 5) is 27.4. The van der Waals surface area contributed by atoms with Crippen molar-refractivity contribution < 1.29 is 9.59 Å². The summed E-state index contributed by atoms with van der Waals surface area (Å²) in [5.41, 5.74) is 7.07. The van der Waals surface area contributed by atoms with Crippen molar-refractivity contribution in [3.8, 4) is 0 Å². The second-order valence-electron chi connectivity index (χ2n) is 6.02. The third-order valence-electron chi connectivity index (χ3n) is 4.41. The van der Waals surface area contributed by atoms with Gasteiger partial charge in [0.1, 0.15) is 0 Å². The summed E-state index contributed by atoms with van der Waals surface area (Å²) in [6.45, 7) is 1.91. The van der Waals surface area contributed by atoms with E-state index in [0.717, 1.165) is 6.42 Å². The zero-order valence-electron chi connectivity index (χ0n) is 13.7. The molecular weight excluding hydrogens is 359 g/mol. The van der Waals surface area contributed by atoms with E-state index in [-0.39, 0.29) is 24.1 Å². The summed E-state index contributed by atoms with van der Waals surface area (Å²) in [5.74, 6) is 0.0575. The summed E-state index contributed by atoms with van der Waals surface area (Å²) in [5, 5.41) is 0.570. The molecule has 1 amide bonds. The van der Waals surface area contributed by atoms with Crippen molar-refractivity contribution in [1.29, 1.82) is 0 Å². The highest BCUT2D eigenvalue weighted by atomic mass is 35.5. The van der Waals surface area contributed by atoms with Crippen LogP contribution >= 0.6 is 24.0 Å². The summed E-state index contributed by atoms with van der Waals surface area (Å²) < 4.78 is 0. The standard InChI is InChI=1S/C19H19ClN2O2.ClH/c20-15-7-5-14(6-8-15)18(23)16-3-1-2-4-17(16)19(24)22-10-9-13(11-21)12-22;/h1-8,13H,9-12,21H2;1H. The zero-order valence-corrected chi connectivity index (χ0v) is 15.2. The predicted octanol–water partition coefficient (Wildman–Crippen LogP) is 3.41. The molecule has 2 aromatic carbocycles. The van der Waals surface area contributed by atoms with Gasteiger partial charge in [0.05, 0.1) is 5.56 Å². The number of amides is 1. The smallest absolute Gasteiger partial charge is 0.254 e. The monoisotopic (exact) mass is 378 g/mol. The molecule has 25 heavy (non-hydrogen) atoms. The minimum atomic E-state index is -0.176. The normalized spacial score (nSPS) is 16.4. The van der Waals surface area contributed by atoms with Crippen LogP contribution in [-0.4, -0.2) is 36.2 Å². The molecule has 4 nitrogen and oxygen atoms in total. The fourth-order valence-corrected chi connectivity index (χ4v) is 3.13. The first-order valence-corrected chi connectivity index (χ1v) is 8.36. The molecular formula is C19H20Cl2N2O2. The average Bonchev–Trinajstić information content (AvgIpc) is 3.10. The molecule has 6 heteroatoms. The topological polar surface area (TPSA) is 63.4 Å². The van der Waals surface area contributed by atoms with Crippen LogP contribution < -0.4 is 5.73 Å². The second-order valence-corrected chi connectivity index (χ2v) is 6.46. The van der Waals surface area contributed by atoms with Gasteiger partial charge in [-0.3, -0.25) is 9.59 Å². The molecule has 1 aliphatic rings. The van der Waals surface area contributed by atoms with E-state index >= 15 is 0 Å². The van der Waals surface area contributed by atoms with E-state index in [0.29, 0.717) is 47.3 Å². The fraction of sp³-hybridized carbons (Fsp3) is 0.263. The lowest BCUT2D eigenvalue weighted by molar-refractivity contribution is 0.0783. The molecule has 1 fully saturated rings. The van der Waals surface area contributed by atoms with Crippen LogP contribution in [0.3, 0.4) is 0 Å². The van der Waals surface area contributed by atoms with Crippen molar-refractivity contribution in [2.24, 2.45) is 11.7 Å². The van der Waals surface area contributed by atoms with Crippen molar-refractivity contribution in [2.75, 3.05) is 19.6 Å². The van der Waals surface area contributed by atoms with Crippen LogP contribution in [0.2, 0.25) is 5.02 Å². The Morgan fingerprint density at radius 3 is 2.32 bits per heavy atom. The number of hydrogen-bond acceptors (Lipinski definition) is 3. The first-order valence-electron chi connectivity index (χ1n) is 7.99. The minimum Gasteiger partial charge on any atom is -0.338 e. The highest BCUT2D eigenvalue weighted by Crippen LogP contribution is 2.22. The highest BCUT2D eigenvalue weighted by Gasteiger charge is 2.28. The van der Waals surface area contributed by atoms with Crippen LogP contribution in [0, 0.1) is 5.92 Å². The first-order chi connectivity index (χ1) is 11.6. The second kappa shape index (κ2) is 8.48. The lowest BCUT2D eigenvalue weighted by Crippen LogP contribution is -2.31. The average molecular weight is 379 g/mol. The Labute approximate surface area is 158 Å². The molecule has 132 valence electrons. The predicted molar refractivity (Wildman–Crippen MR) is 102 cm³/mol. The maximum atomic E-state index is 12.8. The zero-order chi connectivity index (χ0) is 17.1. The van der Waals surface area contributed by atoms with Crippen LogP contribution in [-0.2, 0) is 0 Å². The molecule has 0 aliphatic carbocycles. The van der Waals surface area contributed by atoms with Crippen molar-refractivity contribution in [3.63, 3.8) is 0 Å². The van der Waals surface area contributed by atoms with E-state index in [2.05, 4.69) is 0 Å². The Morgan fingerprint density at radius 2 is 1.72 bits per heavy atom. The van der Waals surface area contributed by atoms with Crippen LogP contribution in [0.4, 0.5) is 0 Å². The summed E-state index contributed by atoms with van der Waals surface area (Å²) in [6, 6.07) is 13.6. The van der Waals surface area contributed by atoms with Gasteiger partial charge in [0.2, 0.25) is 0 Å². The number of rotatable bonds is 4. The molecule has 0 aromatic heterocycles. The number of likely N-dealkylation sites (tertiary alicyclic amines) is 1. The van der Waals surface area contributed by atoms with Crippen molar-refractivity contribution in [1.82, 2.24) is 4.90 Å². The summed E-state index contributed by atoms with van der Waals surface area (Å²) in [7, 11) is 0. The molecule has 2 N–H and O–H groups in total. The highest BCUT2D eigenvalue weighted by molar-refractivity contribution is 6.30. The van der Waals surface area contributed by atoms with Gasteiger partial charge < -0.3 is 10.6 Å². The molecule has 1 aliphatic heterocycles. The molecule has 1 atom stereocenters. The van der Waals surface area contributed by atoms with Crippen LogP contribution in [0.1, 0.15) is 32.7 Å². The van der Waals surface area contributed by atoms with Gasteiger partial charge in [-0.25, -0.2) is 0 Å². The maximum absolute atomic E-state index is 12.8. The number of nitrogens with zero attached hydrogens (tertiary/aromatic N) is 1. The SMILES string of the molecule is Cl.NCC1CCN(C(=O)c2ccccc2C(=O)c2ccc(Cl)cc2)C1. The molecule has 0 saturated carbocycles. The first kappa shape index (κ1) is 19.4. The number of hydrogen-bond donors (Lipinski definition) is 1. The number of carbonyl (C=O) groups is 2. The van der Waals surface area contributed by atoms with E-state index in [1.165, 1.54) is 0 Å². The number of carbonyl (C=O) groups excluding carboxylic acids is 2. The molecule has 0 bridgehead atoms. The number of halogens is 2. The van der Waals surface area contributed by atoms with E-state index in [4.69, 9.17) is 17.3 Å². The lowest BCUT2D eigenvalue weighted by Gasteiger charge is -2.18. The number of ketones is 1. The minimum absolute atomic E-state index is 0. The van der Waals surface area contributed by atoms with Gasteiger partial charge in [0.25, 0.3) is 5.91 Å². The van der Waals surface area contributed by atoms with Crippen LogP contribution in [0.5, 0.6) is 0 Å². The molecule has 1 heterocycles. The molecule has 2 aromatic rings. The van der Waals surface area contributed by atoms with Crippen molar-refractivity contribution in [3.05, 3.63) is 70.2 Å². The van der Waals surface area contributed by atoms with Gasteiger partial charge in [-0.05, 0) is 49.2 Å². The number of nitrogens with two attached hydrogens (primary N) is 1. The van der Waals surface area contributed by atoms with E-state index in [1.807, 2.05) is 0 Å². The Morgan fingerprint density at radius 1 is 1.08 bits per heavy atom. The summed E-state index contributed by atoms with van der Waals surface area (Å²) >= 11 is 5.88. The third-order valence-corrected chi connectivity index (χ3v) is 4.67. The molecule has 0 spiro atoms. The quantitative estimate of drug-likeness (QED) is 0.828. The Kier molecular flexibility index (Phi) is 6.59. The molecule has 1 saturated heterocycles. The maximum Gasteiger partial charge on any atom is 0.254 e. The Bertz CT molecular complexity index is 762. The van der Waals surface area contributed by atoms with Crippen molar-refractivity contribution in [2.45, 2.75) is 6.42 Å². The molecule has 0 radical (unpaired) electrons. The Balaban J connectivity index is 0.00000225. The van der Waals surface area contributed by atoms with Crippen LogP contribution in [0.15, 0.2) is 48.5 Å². The Hall–Kier alpha value is -1.88. The van der Waals surface area contributed by atoms with Gasteiger partial charge >= 0.3 is 0 Å². The van der Waals surface area contributed by atoms with E-state index in [9.17, 15) is 9.59 Å². The van der Waals surface area contributed by atoms with Gasteiger partial charge in [-0.15, -0.1) is 12.4 Å². The summed E-state index contributed by atoms with van der Waals surface area (Å²) in [6.07, 6.45) is 0.912. The van der Waals surface area contributed by atoms with Gasteiger partial charge in [0.15, 0.2) is 5.78 Å². The van der Waals surface area contributed by atoms with Gasteiger partial charge in [-0.1, -0.05) is 29.8 Å². The lowest BCUT2D eigenvalue weighted by atomic mass is 9.97. The van der Waals surface area contributed by atoms with Crippen LogP contribution in [0.25, 0.3) is 0 Å². The van der Waals surface area contributed by atoms with E-state index in [1.54, 1.807) is 53.4 Å². The van der Waals surface area contributed by atoms with Gasteiger partial charge in [0, 0.05) is 29.2 Å². The fourth-order valence-electron chi connectivity index (χ4n) is 3.00. The third kappa shape index (κ3) is 4.21. The largest absolute Gasteiger partial charge is 0.338 e. The van der Waals surface area contributed by atoms with E-state index < -0.39 is 0 Å². The number of benzene rings is 2.